The molecule has 0 fully saturated rings. The highest BCUT2D eigenvalue weighted by Gasteiger charge is 2.08. The quantitative estimate of drug-likeness (QED) is 0.546. The smallest absolute Gasteiger partial charge is 0.341 e. The summed E-state index contributed by atoms with van der Waals surface area (Å²) in [6, 6.07) is 22.9. The van der Waals surface area contributed by atoms with Crippen LogP contribution in [-0.2, 0) is 11.2 Å². The third-order valence-electron chi connectivity index (χ3n) is 4.67. The maximum Gasteiger partial charge on any atom is 0.341 e. The molecule has 4 nitrogen and oxygen atoms in total. The summed E-state index contributed by atoms with van der Waals surface area (Å²) in [4.78, 5) is 10.5. The molecule has 0 radical (unpaired) electrons. The zero-order chi connectivity index (χ0) is 19.1. The van der Waals surface area contributed by atoms with Gasteiger partial charge in [-0.2, -0.15) is 0 Å². The van der Waals surface area contributed by atoms with Crippen LogP contribution in [0, 0.1) is 0 Å². The Morgan fingerprint density at radius 3 is 2.56 bits per heavy atom. The molecular formula is C23H25NO3. The second-order valence-corrected chi connectivity index (χ2v) is 6.67. The zero-order valence-corrected chi connectivity index (χ0v) is 15.5. The van der Waals surface area contributed by atoms with E-state index in [-0.39, 0.29) is 6.61 Å². The van der Waals surface area contributed by atoms with Crippen LogP contribution in [0.15, 0.2) is 66.7 Å². The largest absolute Gasteiger partial charge is 0.482 e. The van der Waals surface area contributed by atoms with E-state index in [1.54, 1.807) is 0 Å². The van der Waals surface area contributed by atoms with Crippen molar-refractivity contribution in [1.29, 1.82) is 0 Å². The molecule has 27 heavy (non-hydrogen) atoms. The Labute approximate surface area is 159 Å². The first kappa shape index (κ1) is 18.9. The molecule has 0 saturated heterocycles. The van der Waals surface area contributed by atoms with Gasteiger partial charge in [0.2, 0.25) is 0 Å². The number of ether oxygens (including phenoxy) is 1. The first-order valence-electron chi connectivity index (χ1n) is 9.28. The van der Waals surface area contributed by atoms with Gasteiger partial charge in [-0.3, -0.25) is 0 Å². The molecule has 0 unspecified atom stereocenters. The van der Waals surface area contributed by atoms with Gasteiger partial charge in [-0.1, -0.05) is 54.6 Å². The highest BCUT2D eigenvalue weighted by Crippen LogP contribution is 2.24. The Morgan fingerprint density at radius 2 is 1.78 bits per heavy atom. The Morgan fingerprint density at radius 1 is 1.04 bits per heavy atom. The van der Waals surface area contributed by atoms with Gasteiger partial charge in [-0.25, -0.2) is 4.79 Å². The van der Waals surface area contributed by atoms with Crippen molar-refractivity contribution in [2.75, 3.05) is 13.2 Å². The Hall–Kier alpha value is -2.85. The average Bonchev–Trinajstić information content (AvgIpc) is 2.70. The van der Waals surface area contributed by atoms with Crippen molar-refractivity contribution in [2.24, 2.45) is 0 Å². The molecular weight excluding hydrogens is 338 g/mol. The van der Waals surface area contributed by atoms with Crippen LogP contribution in [0.25, 0.3) is 10.8 Å². The number of rotatable bonds is 9. The Bertz CT molecular complexity index is 884. The molecule has 0 bridgehead atoms. The van der Waals surface area contributed by atoms with Crippen LogP contribution in [0.3, 0.4) is 0 Å². The number of aryl methyl sites for hydroxylation is 1. The summed E-state index contributed by atoms with van der Waals surface area (Å²) in [6.45, 7) is 2.83. The monoisotopic (exact) mass is 363 g/mol. The maximum atomic E-state index is 10.5. The summed E-state index contributed by atoms with van der Waals surface area (Å²) >= 11 is 0. The third-order valence-corrected chi connectivity index (χ3v) is 4.67. The lowest BCUT2D eigenvalue weighted by atomic mass is 9.99. The summed E-state index contributed by atoms with van der Waals surface area (Å²) in [5.41, 5.74) is 2.55. The van der Waals surface area contributed by atoms with Crippen molar-refractivity contribution < 1.29 is 14.6 Å². The van der Waals surface area contributed by atoms with Gasteiger partial charge < -0.3 is 15.2 Å². The fourth-order valence-electron chi connectivity index (χ4n) is 3.25. The van der Waals surface area contributed by atoms with Crippen LogP contribution in [0.2, 0.25) is 0 Å². The Balaban J connectivity index is 1.47. The van der Waals surface area contributed by atoms with Crippen molar-refractivity contribution in [3.63, 3.8) is 0 Å². The second kappa shape index (κ2) is 9.19. The van der Waals surface area contributed by atoms with Gasteiger partial charge in [-0.05, 0) is 60.3 Å². The summed E-state index contributed by atoms with van der Waals surface area (Å²) in [7, 11) is 0. The van der Waals surface area contributed by atoms with Gasteiger partial charge in [0, 0.05) is 6.04 Å². The molecule has 3 aromatic carbocycles. The molecule has 0 aliphatic rings. The van der Waals surface area contributed by atoms with E-state index in [2.05, 4.69) is 54.7 Å². The van der Waals surface area contributed by atoms with Crippen molar-refractivity contribution in [1.82, 2.24) is 5.32 Å². The van der Waals surface area contributed by atoms with Gasteiger partial charge in [0.05, 0.1) is 0 Å². The molecule has 3 rings (SSSR count). The van der Waals surface area contributed by atoms with E-state index in [1.165, 1.54) is 21.9 Å². The van der Waals surface area contributed by atoms with E-state index in [4.69, 9.17) is 9.84 Å². The third kappa shape index (κ3) is 5.31. The highest BCUT2D eigenvalue weighted by molar-refractivity contribution is 5.86. The molecule has 4 heteroatoms. The fourth-order valence-corrected chi connectivity index (χ4v) is 3.25. The van der Waals surface area contributed by atoms with Crippen LogP contribution >= 0.6 is 0 Å². The molecule has 1 atom stereocenters. The molecule has 2 N–H and O–H groups in total. The summed E-state index contributed by atoms with van der Waals surface area (Å²) < 4.78 is 5.15. The minimum Gasteiger partial charge on any atom is -0.482 e. The van der Waals surface area contributed by atoms with Gasteiger partial charge in [0.25, 0.3) is 0 Å². The van der Waals surface area contributed by atoms with Gasteiger partial charge in [0.15, 0.2) is 6.61 Å². The van der Waals surface area contributed by atoms with Crippen molar-refractivity contribution in [3.8, 4) is 5.75 Å². The normalized spacial score (nSPS) is 12.0. The van der Waals surface area contributed by atoms with Crippen LogP contribution in [0.1, 0.15) is 30.5 Å². The number of hydrogen-bond donors (Lipinski definition) is 2. The minimum absolute atomic E-state index is 0.294. The number of nitrogens with one attached hydrogen (secondary N) is 1. The number of carboxylic acids is 1. The number of carbonyl (C=O) groups is 1. The van der Waals surface area contributed by atoms with Crippen molar-refractivity contribution >= 4 is 16.7 Å². The number of aliphatic carboxylic acids is 1. The van der Waals surface area contributed by atoms with Crippen LogP contribution < -0.4 is 10.1 Å². The van der Waals surface area contributed by atoms with Crippen LogP contribution in [-0.4, -0.2) is 24.2 Å². The lowest BCUT2D eigenvalue weighted by Crippen LogP contribution is -2.20. The fraction of sp³-hybridized carbons (Fsp3) is 0.261. The molecule has 0 heterocycles. The van der Waals surface area contributed by atoms with Gasteiger partial charge >= 0.3 is 5.97 Å². The molecule has 3 aromatic rings. The molecule has 0 aliphatic carbocycles. The summed E-state index contributed by atoms with van der Waals surface area (Å²) in [5.74, 6) is -0.380. The molecule has 0 amide bonds. The van der Waals surface area contributed by atoms with Crippen LogP contribution in [0.4, 0.5) is 0 Å². The van der Waals surface area contributed by atoms with E-state index in [0.29, 0.717) is 11.8 Å². The van der Waals surface area contributed by atoms with E-state index in [0.717, 1.165) is 19.4 Å². The highest BCUT2D eigenvalue weighted by atomic mass is 16.5. The predicted octanol–water partition coefficient (Wildman–Crippen LogP) is 4.59. The maximum absolute atomic E-state index is 10.5. The number of fused-ring (bicyclic) bond motifs is 1. The van der Waals surface area contributed by atoms with E-state index in [9.17, 15) is 4.79 Å². The van der Waals surface area contributed by atoms with Crippen LogP contribution in [0.5, 0.6) is 5.75 Å². The molecule has 140 valence electrons. The molecule has 0 spiro atoms. The summed E-state index contributed by atoms with van der Waals surface area (Å²) in [5, 5.41) is 14.8. The second-order valence-electron chi connectivity index (χ2n) is 6.67. The Kier molecular flexibility index (Phi) is 6.44. The number of carboxylic acid groups (broad SMARTS) is 1. The number of hydrogen-bond acceptors (Lipinski definition) is 3. The lowest BCUT2D eigenvalue weighted by Gasteiger charge is -2.16. The standard InChI is InChI=1S/C23H25NO3/c1-17(21-10-4-8-19-7-2-3-9-22(19)21)24-15-5-6-18-11-13-20(14-12-18)27-16-23(25)26/h2-4,7-14,17,24H,5-6,15-16H2,1H3,(H,25,26)/t17-/m1/s1. The molecule has 0 saturated carbocycles. The zero-order valence-electron chi connectivity index (χ0n) is 15.5. The average molecular weight is 363 g/mol. The van der Waals surface area contributed by atoms with E-state index in [1.807, 2.05) is 24.3 Å². The predicted molar refractivity (Wildman–Crippen MR) is 108 cm³/mol. The lowest BCUT2D eigenvalue weighted by molar-refractivity contribution is -0.139. The SMILES string of the molecule is C[C@@H](NCCCc1ccc(OCC(=O)O)cc1)c1cccc2ccccc12. The first-order valence-corrected chi connectivity index (χ1v) is 9.28. The molecule has 0 aliphatic heterocycles. The van der Waals surface area contributed by atoms with E-state index < -0.39 is 5.97 Å². The topological polar surface area (TPSA) is 58.6 Å². The van der Waals surface area contributed by atoms with Crippen molar-refractivity contribution in [2.45, 2.75) is 25.8 Å². The molecule has 0 aromatic heterocycles. The van der Waals surface area contributed by atoms with E-state index >= 15 is 0 Å². The van der Waals surface area contributed by atoms with Gasteiger partial charge in [-0.15, -0.1) is 0 Å². The minimum atomic E-state index is -0.967. The first-order chi connectivity index (χ1) is 13.1. The van der Waals surface area contributed by atoms with Crippen molar-refractivity contribution in [3.05, 3.63) is 77.9 Å². The summed E-state index contributed by atoms with van der Waals surface area (Å²) in [6.07, 6.45) is 2.00. The van der Waals surface area contributed by atoms with Gasteiger partial charge in [0.1, 0.15) is 5.75 Å². The number of benzene rings is 3.